The Morgan fingerprint density at radius 2 is 1.85 bits per heavy atom. The first-order valence-corrected chi connectivity index (χ1v) is 12.3. The molecule has 3 heteroatoms. The van der Waals surface area contributed by atoms with Gasteiger partial charge in [0.1, 0.15) is 0 Å². The van der Waals surface area contributed by atoms with Crippen LogP contribution in [-0.4, -0.2) is 21.7 Å². The number of aliphatic hydroxyl groups excluding tert-OH is 1. The molecule has 1 heterocycles. The second-order valence-electron chi connectivity index (χ2n) is 10.4. The molecule has 1 aromatic heterocycles. The number of benzene rings is 2. The van der Waals surface area contributed by atoms with E-state index in [2.05, 4.69) is 66.5 Å². The number of fused-ring (bicyclic) bond motifs is 4. The summed E-state index contributed by atoms with van der Waals surface area (Å²) in [5, 5.41) is 10.6. The van der Waals surface area contributed by atoms with Crippen molar-refractivity contribution in [3.05, 3.63) is 100 Å². The van der Waals surface area contributed by atoms with Crippen LogP contribution >= 0.6 is 0 Å². The SMILES string of the molecule is Cc1ncccc1-c1ccc2c(c1)CCC1=C3CC(O)C[C@]3(N)CCC12Cc1ccccc1. The summed E-state index contributed by atoms with van der Waals surface area (Å²) < 4.78 is 0. The molecule has 168 valence electrons. The van der Waals surface area contributed by atoms with Crippen molar-refractivity contribution in [1.29, 1.82) is 0 Å². The average Bonchev–Trinajstić information content (AvgIpc) is 3.13. The highest BCUT2D eigenvalue weighted by Crippen LogP contribution is 2.57. The second kappa shape index (κ2) is 7.65. The van der Waals surface area contributed by atoms with E-state index < -0.39 is 0 Å². The van der Waals surface area contributed by atoms with E-state index in [1.807, 2.05) is 12.3 Å². The van der Waals surface area contributed by atoms with Crippen molar-refractivity contribution < 1.29 is 5.11 Å². The lowest BCUT2D eigenvalue weighted by atomic mass is 9.55. The Kier molecular flexibility index (Phi) is 4.83. The van der Waals surface area contributed by atoms with Crippen LogP contribution in [-0.2, 0) is 18.3 Å². The molecule has 0 amide bonds. The van der Waals surface area contributed by atoms with Crippen molar-refractivity contribution in [3.8, 4) is 11.1 Å². The highest BCUT2D eigenvalue weighted by molar-refractivity contribution is 5.68. The summed E-state index contributed by atoms with van der Waals surface area (Å²) in [6.07, 6.45) is 8.06. The van der Waals surface area contributed by atoms with Crippen LogP contribution < -0.4 is 5.73 Å². The van der Waals surface area contributed by atoms with Gasteiger partial charge in [-0.2, -0.15) is 0 Å². The molecule has 1 saturated carbocycles. The fourth-order valence-corrected chi connectivity index (χ4v) is 7.01. The van der Waals surface area contributed by atoms with Crippen molar-refractivity contribution in [2.75, 3.05) is 0 Å². The molecule has 3 aliphatic rings. The van der Waals surface area contributed by atoms with E-state index in [0.717, 1.165) is 44.2 Å². The highest BCUT2D eigenvalue weighted by atomic mass is 16.3. The molecule has 3 aliphatic carbocycles. The van der Waals surface area contributed by atoms with Crippen molar-refractivity contribution in [3.63, 3.8) is 0 Å². The van der Waals surface area contributed by atoms with Crippen molar-refractivity contribution in [1.82, 2.24) is 4.98 Å². The molecule has 0 saturated heterocycles. The predicted octanol–water partition coefficient (Wildman–Crippen LogP) is 5.43. The molecular weight excluding hydrogens is 404 g/mol. The maximum Gasteiger partial charge on any atom is 0.0598 e. The van der Waals surface area contributed by atoms with Crippen LogP contribution in [0.5, 0.6) is 0 Å². The van der Waals surface area contributed by atoms with Gasteiger partial charge in [-0.15, -0.1) is 0 Å². The number of nitrogens with two attached hydrogens (primary N) is 1. The van der Waals surface area contributed by atoms with E-state index in [0.29, 0.717) is 6.42 Å². The first kappa shape index (κ1) is 20.8. The molecular formula is C30H32N2O. The molecule has 2 unspecified atom stereocenters. The first-order chi connectivity index (χ1) is 16.0. The molecule has 0 bridgehead atoms. The van der Waals surface area contributed by atoms with Gasteiger partial charge < -0.3 is 10.8 Å². The number of pyridine rings is 1. The third-order valence-corrected chi connectivity index (χ3v) is 8.51. The number of aryl methyl sites for hydroxylation is 2. The summed E-state index contributed by atoms with van der Waals surface area (Å²) >= 11 is 0. The summed E-state index contributed by atoms with van der Waals surface area (Å²) in [5.41, 5.74) is 17.3. The molecule has 0 spiro atoms. The van der Waals surface area contributed by atoms with Crippen LogP contribution in [0.25, 0.3) is 11.1 Å². The quantitative estimate of drug-likeness (QED) is 0.539. The molecule has 3 N–H and O–H groups in total. The van der Waals surface area contributed by atoms with Crippen molar-refractivity contribution in [2.24, 2.45) is 5.73 Å². The van der Waals surface area contributed by atoms with Crippen LogP contribution in [0.2, 0.25) is 0 Å². The Hall–Kier alpha value is -2.75. The monoisotopic (exact) mass is 436 g/mol. The molecule has 1 fully saturated rings. The standard InChI is InChI=1S/C30H32N2O/c1-20-25(8-5-15-32-20)22-9-11-26-23(16-22)10-12-27-28-17-24(33)19-30(28,31)14-13-29(26,27)18-21-6-3-2-4-7-21/h2-9,11,15-16,24,33H,10,12-14,17-19,31H2,1H3/t24?,29?,30-/m1/s1. The normalized spacial score (nSPS) is 28.3. The van der Waals surface area contributed by atoms with E-state index in [1.165, 1.54) is 39.0 Å². The Labute approximate surface area is 196 Å². The Bertz CT molecular complexity index is 1250. The van der Waals surface area contributed by atoms with Crippen molar-refractivity contribution >= 4 is 0 Å². The summed E-state index contributed by atoms with van der Waals surface area (Å²) in [5.74, 6) is 0. The third kappa shape index (κ3) is 3.29. The van der Waals surface area contributed by atoms with E-state index >= 15 is 0 Å². The van der Waals surface area contributed by atoms with Gasteiger partial charge in [-0.3, -0.25) is 4.98 Å². The largest absolute Gasteiger partial charge is 0.393 e. The zero-order chi connectivity index (χ0) is 22.6. The zero-order valence-corrected chi connectivity index (χ0v) is 19.3. The lowest BCUT2D eigenvalue weighted by Crippen LogP contribution is -2.49. The minimum atomic E-state index is -0.320. The van der Waals surface area contributed by atoms with Gasteiger partial charge in [0.05, 0.1) is 6.10 Å². The number of hydrogen-bond acceptors (Lipinski definition) is 3. The number of nitrogens with zero attached hydrogens (tertiary/aromatic N) is 1. The van der Waals surface area contributed by atoms with Crippen LogP contribution in [0.15, 0.2) is 78.0 Å². The van der Waals surface area contributed by atoms with Gasteiger partial charge in [-0.05, 0) is 85.8 Å². The predicted molar refractivity (Wildman–Crippen MR) is 133 cm³/mol. The molecule has 2 aromatic carbocycles. The zero-order valence-electron chi connectivity index (χ0n) is 19.3. The fraction of sp³-hybridized carbons (Fsp3) is 0.367. The van der Waals surface area contributed by atoms with E-state index in [9.17, 15) is 5.11 Å². The summed E-state index contributed by atoms with van der Waals surface area (Å²) in [6.45, 7) is 2.08. The molecule has 6 rings (SSSR count). The minimum absolute atomic E-state index is 0.0281. The maximum atomic E-state index is 10.6. The van der Waals surface area contributed by atoms with Gasteiger partial charge in [-0.1, -0.05) is 60.2 Å². The number of rotatable bonds is 3. The van der Waals surface area contributed by atoms with Gasteiger partial charge in [0.15, 0.2) is 0 Å². The van der Waals surface area contributed by atoms with Gasteiger partial charge in [0, 0.05) is 28.4 Å². The number of allylic oxidation sites excluding steroid dienone is 1. The summed E-state index contributed by atoms with van der Waals surface area (Å²) in [6, 6.07) is 22.2. The Morgan fingerprint density at radius 1 is 1.00 bits per heavy atom. The topological polar surface area (TPSA) is 59.1 Å². The van der Waals surface area contributed by atoms with Gasteiger partial charge in [0.2, 0.25) is 0 Å². The van der Waals surface area contributed by atoms with Crippen LogP contribution in [0.1, 0.15) is 54.5 Å². The molecule has 3 atom stereocenters. The smallest absolute Gasteiger partial charge is 0.0598 e. The lowest BCUT2D eigenvalue weighted by molar-refractivity contribution is 0.171. The molecule has 33 heavy (non-hydrogen) atoms. The maximum absolute atomic E-state index is 10.6. The highest BCUT2D eigenvalue weighted by Gasteiger charge is 2.52. The van der Waals surface area contributed by atoms with Gasteiger partial charge >= 0.3 is 0 Å². The Morgan fingerprint density at radius 3 is 2.67 bits per heavy atom. The number of aliphatic hydroxyl groups is 1. The summed E-state index contributed by atoms with van der Waals surface area (Å²) in [4.78, 5) is 4.51. The van der Waals surface area contributed by atoms with Gasteiger partial charge in [0.25, 0.3) is 0 Å². The third-order valence-electron chi connectivity index (χ3n) is 8.51. The van der Waals surface area contributed by atoms with Crippen LogP contribution in [0.4, 0.5) is 0 Å². The lowest BCUT2D eigenvalue weighted by Gasteiger charge is -2.50. The van der Waals surface area contributed by atoms with E-state index in [-0.39, 0.29) is 17.1 Å². The minimum Gasteiger partial charge on any atom is -0.393 e. The summed E-state index contributed by atoms with van der Waals surface area (Å²) in [7, 11) is 0. The van der Waals surface area contributed by atoms with Gasteiger partial charge in [-0.25, -0.2) is 0 Å². The molecule has 0 aliphatic heterocycles. The van der Waals surface area contributed by atoms with Crippen LogP contribution in [0, 0.1) is 6.92 Å². The number of aromatic nitrogens is 1. The Balaban J connectivity index is 1.53. The first-order valence-electron chi connectivity index (χ1n) is 12.3. The second-order valence-corrected chi connectivity index (χ2v) is 10.4. The fourth-order valence-electron chi connectivity index (χ4n) is 7.01. The average molecular weight is 437 g/mol. The molecule has 0 radical (unpaired) electrons. The van der Waals surface area contributed by atoms with Crippen molar-refractivity contribution in [2.45, 2.75) is 68.9 Å². The van der Waals surface area contributed by atoms with E-state index in [4.69, 9.17) is 5.73 Å². The molecule has 3 nitrogen and oxygen atoms in total. The number of hydrogen-bond donors (Lipinski definition) is 2. The molecule has 3 aromatic rings. The van der Waals surface area contributed by atoms with Crippen LogP contribution in [0.3, 0.4) is 0 Å². The van der Waals surface area contributed by atoms with E-state index in [1.54, 1.807) is 0 Å².